The molecule has 2 atom stereocenters. The molecule has 0 aromatic rings. The Kier molecular flexibility index (Phi) is 3.67. The molecule has 0 spiro atoms. The summed E-state index contributed by atoms with van der Waals surface area (Å²) in [5.74, 6) is 0. The number of ether oxygens (including phenoxy) is 1. The highest BCUT2D eigenvalue weighted by Gasteiger charge is 2.19. The van der Waals surface area contributed by atoms with Crippen molar-refractivity contribution in [2.45, 2.75) is 32.5 Å². The zero-order chi connectivity index (χ0) is 10.6. The third kappa shape index (κ3) is 3.13. The number of hydrogen-bond donors (Lipinski definition) is 1. The third-order valence-corrected chi connectivity index (χ3v) is 2.36. The molecule has 0 radical (unpaired) electrons. The average molecular weight is 193 g/mol. The molecule has 1 rings (SSSR count). The summed E-state index contributed by atoms with van der Waals surface area (Å²) in [6.07, 6.45) is 10.6. The van der Waals surface area contributed by atoms with Gasteiger partial charge in [0.25, 0.3) is 0 Å². The van der Waals surface area contributed by atoms with Crippen molar-refractivity contribution in [2.24, 2.45) is 0 Å². The number of rotatable bonds is 3. The van der Waals surface area contributed by atoms with Crippen molar-refractivity contribution in [1.29, 1.82) is 0 Å². The summed E-state index contributed by atoms with van der Waals surface area (Å²) in [7, 11) is 1.70. The van der Waals surface area contributed by atoms with E-state index < -0.39 is 0 Å². The van der Waals surface area contributed by atoms with Crippen molar-refractivity contribution in [3.8, 4) is 0 Å². The molecule has 2 unspecified atom stereocenters. The van der Waals surface area contributed by atoms with Gasteiger partial charge in [-0.2, -0.15) is 0 Å². The molecule has 0 heterocycles. The van der Waals surface area contributed by atoms with Crippen molar-refractivity contribution in [1.82, 2.24) is 5.32 Å². The average Bonchev–Trinajstić information content (AvgIpc) is 2.29. The zero-order valence-corrected chi connectivity index (χ0v) is 9.37. The van der Waals surface area contributed by atoms with Crippen LogP contribution >= 0.6 is 0 Å². The fourth-order valence-corrected chi connectivity index (χ4v) is 1.41. The standard InChI is InChI=1S/C12H19NO/c1-10-6-5-8-12(3,9-7-10)13-11(2)14-4/h5-9,11,13H,1-4H3. The van der Waals surface area contributed by atoms with E-state index in [1.165, 1.54) is 5.57 Å². The molecule has 0 aliphatic heterocycles. The Labute approximate surface area is 86.3 Å². The second kappa shape index (κ2) is 4.58. The van der Waals surface area contributed by atoms with E-state index in [0.29, 0.717) is 0 Å². The number of hydrogen-bond acceptors (Lipinski definition) is 2. The Morgan fingerprint density at radius 2 is 2.14 bits per heavy atom. The maximum absolute atomic E-state index is 5.19. The zero-order valence-electron chi connectivity index (χ0n) is 9.37. The van der Waals surface area contributed by atoms with Crippen molar-refractivity contribution < 1.29 is 4.74 Å². The maximum atomic E-state index is 5.19. The highest BCUT2D eigenvalue weighted by atomic mass is 16.5. The van der Waals surface area contributed by atoms with Gasteiger partial charge in [0.1, 0.15) is 6.23 Å². The van der Waals surface area contributed by atoms with E-state index in [2.05, 4.69) is 49.5 Å². The van der Waals surface area contributed by atoms with Crippen LogP contribution in [-0.2, 0) is 4.74 Å². The molecule has 0 amide bonds. The Morgan fingerprint density at radius 3 is 2.79 bits per heavy atom. The van der Waals surface area contributed by atoms with Crippen molar-refractivity contribution >= 4 is 0 Å². The summed E-state index contributed by atoms with van der Waals surface area (Å²) in [6.45, 7) is 6.21. The summed E-state index contributed by atoms with van der Waals surface area (Å²) in [4.78, 5) is 0. The molecule has 2 nitrogen and oxygen atoms in total. The van der Waals surface area contributed by atoms with E-state index >= 15 is 0 Å². The van der Waals surface area contributed by atoms with Gasteiger partial charge < -0.3 is 4.74 Å². The van der Waals surface area contributed by atoms with Crippen LogP contribution in [0.5, 0.6) is 0 Å². The van der Waals surface area contributed by atoms with E-state index in [1.54, 1.807) is 7.11 Å². The second-order valence-corrected chi connectivity index (χ2v) is 3.91. The van der Waals surface area contributed by atoms with Gasteiger partial charge in [-0.1, -0.05) is 36.0 Å². The number of methoxy groups -OCH3 is 1. The van der Waals surface area contributed by atoms with E-state index in [9.17, 15) is 0 Å². The van der Waals surface area contributed by atoms with Crippen LogP contribution in [0.3, 0.4) is 0 Å². The largest absolute Gasteiger partial charge is 0.367 e. The SMILES string of the molecule is COC(C)NC1(C)C=CC=C(C)C=C1. The minimum absolute atomic E-state index is 0.0488. The predicted molar refractivity (Wildman–Crippen MR) is 60.0 cm³/mol. The highest BCUT2D eigenvalue weighted by Crippen LogP contribution is 2.15. The molecule has 0 aromatic heterocycles. The lowest BCUT2D eigenvalue weighted by Crippen LogP contribution is -2.44. The summed E-state index contributed by atoms with van der Waals surface area (Å²) in [5, 5.41) is 3.38. The molecule has 0 fully saturated rings. The molecule has 14 heavy (non-hydrogen) atoms. The fourth-order valence-electron chi connectivity index (χ4n) is 1.41. The Hall–Kier alpha value is -0.860. The molecule has 2 heteroatoms. The van der Waals surface area contributed by atoms with Gasteiger partial charge in [-0.3, -0.25) is 5.32 Å². The Morgan fingerprint density at radius 1 is 1.43 bits per heavy atom. The first-order valence-electron chi connectivity index (χ1n) is 4.91. The minimum atomic E-state index is -0.121. The molecular weight excluding hydrogens is 174 g/mol. The number of allylic oxidation sites excluding steroid dienone is 4. The van der Waals surface area contributed by atoms with Crippen LogP contribution in [-0.4, -0.2) is 18.9 Å². The summed E-state index contributed by atoms with van der Waals surface area (Å²) in [6, 6.07) is 0. The highest BCUT2D eigenvalue weighted by molar-refractivity contribution is 5.32. The number of nitrogens with one attached hydrogen (secondary N) is 1. The van der Waals surface area contributed by atoms with Gasteiger partial charge in [0.05, 0.1) is 5.54 Å². The van der Waals surface area contributed by atoms with Crippen LogP contribution in [0.1, 0.15) is 20.8 Å². The van der Waals surface area contributed by atoms with E-state index in [1.807, 2.05) is 6.92 Å². The molecule has 1 N–H and O–H groups in total. The van der Waals surface area contributed by atoms with Gasteiger partial charge in [-0.25, -0.2) is 0 Å². The second-order valence-electron chi connectivity index (χ2n) is 3.91. The molecule has 0 bridgehead atoms. The van der Waals surface area contributed by atoms with E-state index in [4.69, 9.17) is 4.74 Å². The third-order valence-electron chi connectivity index (χ3n) is 2.36. The Balaban J connectivity index is 2.72. The van der Waals surface area contributed by atoms with Gasteiger partial charge in [0, 0.05) is 7.11 Å². The van der Waals surface area contributed by atoms with Crippen LogP contribution in [0.4, 0.5) is 0 Å². The smallest absolute Gasteiger partial charge is 0.105 e. The molecule has 1 aliphatic carbocycles. The van der Waals surface area contributed by atoms with Gasteiger partial charge >= 0.3 is 0 Å². The van der Waals surface area contributed by atoms with E-state index in [-0.39, 0.29) is 11.8 Å². The Bertz CT molecular complexity index is 278. The quantitative estimate of drug-likeness (QED) is 0.695. The molecule has 78 valence electrons. The molecular formula is C12H19NO. The van der Waals surface area contributed by atoms with Crippen molar-refractivity contribution in [3.05, 3.63) is 36.0 Å². The van der Waals surface area contributed by atoms with Crippen molar-refractivity contribution in [3.63, 3.8) is 0 Å². The lowest BCUT2D eigenvalue weighted by atomic mass is 10.0. The monoisotopic (exact) mass is 193 g/mol. The molecule has 0 saturated heterocycles. The van der Waals surface area contributed by atoms with Gasteiger partial charge in [0.15, 0.2) is 0 Å². The minimum Gasteiger partial charge on any atom is -0.367 e. The molecule has 0 aromatic carbocycles. The van der Waals surface area contributed by atoms with Crippen LogP contribution in [0.15, 0.2) is 36.0 Å². The van der Waals surface area contributed by atoms with Crippen LogP contribution in [0, 0.1) is 0 Å². The lowest BCUT2D eigenvalue weighted by molar-refractivity contribution is 0.0760. The molecule has 1 aliphatic rings. The predicted octanol–water partition coefficient (Wildman–Crippen LogP) is 2.40. The van der Waals surface area contributed by atoms with Gasteiger partial charge in [0.2, 0.25) is 0 Å². The first-order valence-corrected chi connectivity index (χ1v) is 4.91. The fraction of sp³-hybridized carbons (Fsp3) is 0.500. The normalized spacial score (nSPS) is 28.4. The van der Waals surface area contributed by atoms with Crippen LogP contribution in [0.25, 0.3) is 0 Å². The molecule has 0 saturated carbocycles. The maximum Gasteiger partial charge on any atom is 0.105 e. The van der Waals surface area contributed by atoms with Crippen LogP contribution < -0.4 is 5.32 Å². The lowest BCUT2D eigenvalue weighted by Gasteiger charge is -2.27. The van der Waals surface area contributed by atoms with Gasteiger partial charge in [-0.15, -0.1) is 0 Å². The first-order chi connectivity index (χ1) is 6.56. The van der Waals surface area contributed by atoms with Crippen LogP contribution in [0.2, 0.25) is 0 Å². The summed E-state index contributed by atoms with van der Waals surface area (Å²) < 4.78 is 5.19. The van der Waals surface area contributed by atoms with E-state index in [0.717, 1.165) is 0 Å². The topological polar surface area (TPSA) is 21.3 Å². The van der Waals surface area contributed by atoms with Gasteiger partial charge in [-0.05, 0) is 20.8 Å². The summed E-state index contributed by atoms with van der Waals surface area (Å²) in [5.41, 5.74) is 1.14. The first kappa shape index (κ1) is 11.2. The summed E-state index contributed by atoms with van der Waals surface area (Å²) >= 11 is 0. The van der Waals surface area contributed by atoms with Crippen molar-refractivity contribution in [2.75, 3.05) is 7.11 Å².